The van der Waals surface area contributed by atoms with Gasteiger partial charge in [-0.3, -0.25) is 4.79 Å². The van der Waals surface area contributed by atoms with E-state index in [-0.39, 0.29) is 11.6 Å². The quantitative estimate of drug-likeness (QED) is 0.526. The molecular formula is C18H13FO3. The second kappa shape index (κ2) is 5.85. The summed E-state index contributed by atoms with van der Waals surface area (Å²) in [6.45, 7) is 0. The van der Waals surface area contributed by atoms with Crippen LogP contribution >= 0.6 is 0 Å². The Balaban J connectivity index is 1.86. The van der Waals surface area contributed by atoms with Gasteiger partial charge in [0.05, 0.1) is 7.11 Å². The highest BCUT2D eigenvalue weighted by Crippen LogP contribution is 2.28. The lowest BCUT2D eigenvalue weighted by molar-refractivity contribution is 0.104. The fraction of sp³-hybridized carbons (Fsp3) is 0.0556. The Morgan fingerprint density at radius 2 is 1.95 bits per heavy atom. The van der Waals surface area contributed by atoms with Crippen LogP contribution in [0.4, 0.5) is 4.39 Å². The molecule has 2 aromatic carbocycles. The van der Waals surface area contributed by atoms with Crippen molar-refractivity contribution in [3.63, 3.8) is 0 Å². The van der Waals surface area contributed by atoms with Crippen LogP contribution < -0.4 is 4.74 Å². The van der Waals surface area contributed by atoms with Gasteiger partial charge >= 0.3 is 0 Å². The second-order valence-electron chi connectivity index (χ2n) is 4.73. The normalized spacial score (nSPS) is 11.2. The molecule has 0 atom stereocenters. The predicted molar refractivity (Wildman–Crippen MR) is 82.5 cm³/mol. The minimum Gasteiger partial charge on any atom is -0.493 e. The first kappa shape index (κ1) is 14.1. The minimum absolute atomic E-state index is 0.215. The van der Waals surface area contributed by atoms with Crippen molar-refractivity contribution in [1.82, 2.24) is 0 Å². The number of allylic oxidation sites excluding steroid dienone is 1. The maximum Gasteiger partial charge on any atom is 0.185 e. The third kappa shape index (κ3) is 2.76. The van der Waals surface area contributed by atoms with E-state index in [4.69, 9.17) is 9.15 Å². The van der Waals surface area contributed by atoms with Crippen LogP contribution in [0.3, 0.4) is 0 Å². The summed E-state index contributed by atoms with van der Waals surface area (Å²) in [5.41, 5.74) is 1.06. The highest BCUT2D eigenvalue weighted by molar-refractivity contribution is 6.06. The molecular weight excluding hydrogens is 283 g/mol. The summed E-state index contributed by atoms with van der Waals surface area (Å²) < 4.78 is 23.7. The molecule has 0 aliphatic rings. The van der Waals surface area contributed by atoms with Gasteiger partial charge in [-0.05, 0) is 48.6 Å². The van der Waals surface area contributed by atoms with Crippen LogP contribution in [-0.2, 0) is 0 Å². The van der Waals surface area contributed by atoms with E-state index in [1.54, 1.807) is 13.2 Å². The highest BCUT2D eigenvalue weighted by Gasteiger charge is 2.07. The first-order valence-electron chi connectivity index (χ1n) is 6.72. The molecule has 0 aliphatic heterocycles. The van der Waals surface area contributed by atoms with Crippen molar-refractivity contribution < 1.29 is 18.3 Å². The van der Waals surface area contributed by atoms with Gasteiger partial charge in [0, 0.05) is 10.9 Å². The van der Waals surface area contributed by atoms with Crippen LogP contribution in [0.15, 0.2) is 59.0 Å². The van der Waals surface area contributed by atoms with E-state index in [2.05, 4.69) is 0 Å². The monoisotopic (exact) mass is 296 g/mol. The summed E-state index contributed by atoms with van der Waals surface area (Å²) in [4.78, 5) is 12.0. The van der Waals surface area contributed by atoms with Crippen molar-refractivity contribution >= 4 is 22.8 Å². The number of rotatable bonds is 4. The molecule has 22 heavy (non-hydrogen) atoms. The Hall–Kier alpha value is -2.88. The van der Waals surface area contributed by atoms with Gasteiger partial charge in [0.1, 0.15) is 11.6 Å². The van der Waals surface area contributed by atoms with Gasteiger partial charge in [0.15, 0.2) is 17.1 Å². The van der Waals surface area contributed by atoms with Gasteiger partial charge in [0.2, 0.25) is 0 Å². The van der Waals surface area contributed by atoms with E-state index in [0.29, 0.717) is 22.7 Å². The van der Waals surface area contributed by atoms with Crippen LogP contribution in [0, 0.1) is 5.82 Å². The lowest BCUT2D eigenvalue weighted by atomic mass is 10.1. The van der Waals surface area contributed by atoms with Crippen LogP contribution in [0.5, 0.6) is 5.75 Å². The third-order valence-corrected chi connectivity index (χ3v) is 3.27. The van der Waals surface area contributed by atoms with Gasteiger partial charge in [-0.25, -0.2) is 4.39 Å². The summed E-state index contributed by atoms with van der Waals surface area (Å²) in [6, 6.07) is 12.8. The largest absolute Gasteiger partial charge is 0.493 e. The SMILES string of the molecule is COc1cccc2cc(/C=C/C(=O)c3ccc(F)cc3)oc12. The Morgan fingerprint density at radius 1 is 1.18 bits per heavy atom. The van der Waals surface area contributed by atoms with E-state index < -0.39 is 0 Å². The molecule has 1 heterocycles. The zero-order chi connectivity index (χ0) is 15.5. The smallest absolute Gasteiger partial charge is 0.185 e. The molecule has 0 bridgehead atoms. The molecule has 0 spiro atoms. The first-order chi connectivity index (χ1) is 10.7. The minimum atomic E-state index is -0.370. The molecule has 0 fully saturated rings. The Morgan fingerprint density at radius 3 is 2.68 bits per heavy atom. The van der Waals surface area contributed by atoms with Crippen LogP contribution in [0.2, 0.25) is 0 Å². The van der Waals surface area contributed by atoms with E-state index in [1.807, 2.05) is 24.3 Å². The molecule has 0 aliphatic carbocycles. The molecule has 1 aromatic heterocycles. The van der Waals surface area contributed by atoms with E-state index in [9.17, 15) is 9.18 Å². The number of hydrogen-bond donors (Lipinski definition) is 0. The average molecular weight is 296 g/mol. The van der Waals surface area contributed by atoms with Crippen LogP contribution in [0.1, 0.15) is 16.1 Å². The van der Waals surface area contributed by atoms with Crippen molar-refractivity contribution in [3.8, 4) is 5.75 Å². The maximum atomic E-state index is 12.8. The standard InChI is InChI=1S/C18H13FO3/c1-21-17-4-2-3-13-11-15(22-18(13)17)9-10-16(20)12-5-7-14(19)8-6-12/h2-11H,1H3/b10-9+. The van der Waals surface area contributed by atoms with Gasteiger partial charge in [-0.2, -0.15) is 0 Å². The Labute approximate surface area is 126 Å². The third-order valence-electron chi connectivity index (χ3n) is 3.27. The molecule has 4 heteroatoms. The molecule has 0 unspecified atom stereocenters. The van der Waals surface area contributed by atoms with Gasteiger partial charge < -0.3 is 9.15 Å². The van der Waals surface area contributed by atoms with Crippen molar-refractivity contribution in [2.75, 3.05) is 7.11 Å². The number of furan rings is 1. The van der Waals surface area contributed by atoms with Crippen molar-refractivity contribution in [2.24, 2.45) is 0 Å². The maximum absolute atomic E-state index is 12.8. The highest BCUT2D eigenvalue weighted by atomic mass is 19.1. The Bertz CT molecular complexity index is 844. The molecule has 3 aromatic rings. The lowest BCUT2D eigenvalue weighted by Crippen LogP contribution is -1.93. The first-order valence-corrected chi connectivity index (χ1v) is 6.72. The number of hydrogen-bond acceptors (Lipinski definition) is 3. The average Bonchev–Trinajstić information content (AvgIpc) is 2.96. The molecule has 0 saturated heterocycles. The number of halogens is 1. The zero-order valence-electron chi connectivity index (χ0n) is 11.9. The number of carbonyl (C=O) groups is 1. The van der Waals surface area contributed by atoms with Crippen molar-refractivity contribution in [3.05, 3.63) is 71.7 Å². The van der Waals surface area contributed by atoms with E-state index in [1.165, 1.54) is 30.3 Å². The predicted octanol–water partition coefficient (Wildman–Crippen LogP) is 4.48. The number of para-hydroxylation sites is 1. The van der Waals surface area contributed by atoms with Crippen molar-refractivity contribution in [2.45, 2.75) is 0 Å². The fourth-order valence-corrected chi connectivity index (χ4v) is 2.17. The van der Waals surface area contributed by atoms with Crippen LogP contribution in [0.25, 0.3) is 17.0 Å². The molecule has 0 radical (unpaired) electrons. The number of benzene rings is 2. The molecule has 0 N–H and O–H groups in total. The Kier molecular flexibility index (Phi) is 3.74. The number of ketones is 1. The lowest BCUT2D eigenvalue weighted by Gasteiger charge is -1.98. The number of ether oxygens (including phenoxy) is 1. The van der Waals surface area contributed by atoms with Crippen molar-refractivity contribution in [1.29, 1.82) is 0 Å². The summed E-state index contributed by atoms with van der Waals surface area (Å²) in [5.74, 6) is 0.606. The van der Waals surface area contributed by atoms with Gasteiger partial charge in [-0.15, -0.1) is 0 Å². The summed E-state index contributed by atoms with van der Waals surface area (Å²) in [7, 11) is 1.57. The van der Waals surface area contributed by atoms with E-state index in [0.717, 1.165) is 5.39 Å². The molecule has 3 rings (SSSR count). The molecule has 3 nitrogen and oxygen atoms in total. The van der Waals surface area contributed by atoms with Gasteiger partial charge in [-0.1, -0.05) is 12.1 Å². The zero-order valence-corrected chi connectivity index (χ0v) is 11.9. The number of methoxy groups -OCH3 is 1. The number of fused-ring (bicyclic) bond motifs is 1. The summed E-state index contributed by atoms with van der Waals surface area (Å²) in [6.07, 6.45) is 2.99. The fourth-order valence-electron chi connectivity index (χ4n) is 2.17. The molecule has 0 saturated carbocycles. The van der Waals surface area contributed by atoms with E-state index >= 15 is 0 Å². The molecule has 0 amide bonds. The topological polar surface area (TPSA) is 39.4 Å². The number of carbonyl (C=O) groups excluding carboxylic acids is 1. The summed E-state index contributed by atoms with van der Waals surface area (Å²) >= 11 is 0. The van der Waals surface area contributed by atoms with Gasteiger partial charge in [0.25, 0.3) is 0 Å². The summed E-state index contributed by atoms with van der Waals surface area (Å²) in [5, 5.41) is 0.897. The second-order valence-corrected chi connectivity index (χ2v) is 4.73. The van der Waals surface area contributed by atoms with Crippen LogP contribution in [-0.4, -0.2) is 12.9 Å². The molecule has 110 valence electrons.